The van der Waals surface area contributed by atoms with Crippen LogP contribution in [0.15, 0.2) is 54.6 Å². The molecule has 1 heterocycles. The summed E-state index contributed by atoms with van der Waals surface area (Å²) >= 11 is 0. The lowest BCUT2D eigenvalue weighted by Gasteiger charge is -2.30. The second-order valence-corrected chi connectivity index (χ2v) is 5.28. The molecule has 104 valence electrons. The quantitative estimate of drug-likeness (QED) is 0.888. The molecule has 2 aromatic carbocycles. The lowest BCUT2D eigenvalue weighted by Crippen LogP contribution is -2.38. The third-order valence-electron chi connectivity index (χ3n) is 3.65. The third kappa shape index (κ3) is 3.18. The molecule has 0 radical (unpaired) electrons. The van der Waals surface area contributed by atoms with Gasteiger partial charge in [-0.1, -0.05) is 48.0 Å². The zero-order valence-corrected chi connectivity index (χ0v) is 11.7. The van der Waals surface area contributed by atoms with E-state index in [2.05, 4.69) is 54.1 Å². The lowest BCUT2D eigenvalue weighted by atomic mass is 10.0. The highest BCUT2D eigenvalue weighted by Crippen LogP contribution is 2.25. The first-order chi connectivity index (χ1) is 9.81. The number of rotatable bonds is 3. The van der Waals surface area contributed by atoms with Gasteiger partial charge in [0.1, 0.15) is 6.23 Å². The Hall–Kier alpha value is -1.84. The van der Waals surface area contributed by atoms with E-state index in [4.69, 9.17) is 4.84 Å². The average molecular weight is 268 g/mol. The maximum atomic E-state index is 5.72. The second-order valence-electron chi connectivity index (χ2n) is 5.28. The van der Waals surface area contributed by atoms with Gasteiger partial charge in [0, 0.05) is 5.69 Å². The van der Waals surface area contributed by atoms with Crippen molar-refractivity contribution in [1.82, 2.24) is 5.48 Å². The van der Waals surface area contributed by atoms with Gasteiger partial charge in [-0.3, -0.25) is 4.84 Å². The Morgan fingerprint density at radius 3 is 2.40 bits per heavy atom. The minimum absolute atomic E-state index is 0.0269. The predicted octanol–water partition coefficient (Wildman–Crippen LogP) is 3.79. The summed E-state index contributed by atoms with van der Waals surface area (Å²) in [5.74, 6) is 0. The minimum Gasteiger partial charge on any atom is -0.359 e. The Morgan fingerprint density at radius 1 is 1.00 bits per heavy atom. The first kappa shape index (κ1) is 13.2. The molecule has 3 rings (SSSR count). The third-order valence-corrected chi connectivity index (χ3v) is 3.65. The van der Waals surface area contributed by atoms with E-state index in [1.54, 1.807) is 0 Å². The molecule has 0 spiro atoms. The van der Waals surface area contributed by atoms with E-state index < -0.39 is 0 Å². The molecule has 2 unspecified atom stereocenters. The van der Waals surface area contributed by atoms with Crippen LogP contribution in [0.3, 0.4) is 0 Å². The summed E-state index contributed by atoms with van der Waals surface area (Å²) in [6.45, 7) is 2.11. The van der Waals surface area contributed by atoms with Crippen LogP contribution in [-0.4, -0.2) is 6.23 Å². The van der Waals surface area contributed by atoms with E-state index in [1.807, 2.05) is 18.2 Å². The zero-order valence-electron chi connectivity index (χ0n) is 11.7. The van der Waals surface area contributed by atoms with Crippen LogP contribution >= 0.6 is 0 Å². The molecular formula is C17H20N2O. The number of hydrogen-bond donors (Lipinski definition) is 2. The lowest BCUT2D eigenvalue weighted by molar-refractivity contribution is -0.0675. The Kier molecular flexibility index (Phi) is 4.00. The molecule has 0 bridgehead atoms. The highest BCUT2D eigenvalue weighted by Gasteiger charge is 2.22. The van der Waals surface area contributed by atoms with Gasteiger partial charge < -0.3 is 5.32 Å². The van der Waals surface area contributed by atoms with Crippen molar-refractivity contribution in [3.63, 3.8) is 0 Å². The Morgan fingerprint density at radius 2 is 1.75 bits per heavy atom. The van der Waals surface area contributed by atoms with Crippen molar-refractivity contribution < 1.29 is 4.84 Å². The minimum atomic E-state index is 0.0269. The van der Waals surface area contributed by atoms with E-state index in [9.17, 15) is 0 Å². The van der Waals surface area contributed by atoms with Crippen LogP contribution in [0.25, 0.3) is 0 Å². The van der Waals surface area contributed by atoms with Gasteiger partial charge in [-0.05, 0) is 37.5 Å². The average Bonchev–Trinajstić information content (AvgIpc) is 2.50. The highest BCUT2D eigenvalue weighted by molar-refractivity contribution is 5.42. The topological polar surface area (TPSA) is 33.3 Å². The number of anilines is 1. The van der Waals surface area contributed by atoms with Crippen molar-refractivity contribution in [3.8, 4) is 0 Å². The number of para-hydroxylation sites is 1. The molecule has 0 aromatic heterocycles. The first-order valence-electron chi connectivity index (χ1n) is 7.10. The maximum absolute atomic E-state index is 5.72. The first-order valence-corrected chi connectivity index (χ1v) is 7.10. The summed E-state index contributed by atoms with van der Waals surface area (Å²) in [5.41, 5.74) is 6.83. The molecule has 3 nitrogen and oxygen atoms in total. The number of nitrogens with one attached hydrogen (secondary N) is 2. The molecular weight excluding hydrogens is 248 g/mol. The fraction of sp³-hybridized carbons (Fsp3) is 0.294. The molecule has 1 fully saturated rings. The molecule has 2 N–H and O–H groups in total. The van der Waals surface area contributed by atoms with Crippen LogP contribution in [0, 0.1) is 6.92 Å². The summed E-state index contributed by atoms with van der Waals surface area (Å²) in [6, 6.07) is 19.1. The van der Waals surface area contributed by atoms with E-state index in [0.29, 0.717) is 0 Å². The maximum Gasteiger partial charge on any atom is 0.148 e. The van der Waals surface area contributed by atoms with Crippen LogP contribution in [0.5, 0.6) is 0 Å². The Balaban J connectivity index is 1.55. The fourth-order valence-electron chi connectivity index (χ4n) is 2.46. The smallest absolute Gasteiger partial charge is 0.148 e. The van der Waals surface area contributed by atoms with Crippen molar-refractivity contribution in [2.75, 3.05) is 5.32 Å². The standard InChI is InChI=1S/C17H20N2O/c1-13-7-9-14(10-8-13)16-11-12-17(20-19-16)18-15-5-3-2-4-6-15/h2-10,16-19H,11-12H2,1H3. The van der Waals surface area contributed by atoms with Gasteiger partial charge in [0.15, 0.2) is 0 Å². The highest BCUT2D eigenvalue weighted by atomic mass is 16.7. The number of hydroxylamine groups is 1. The molecule has 20 heavy (non-hydrogen) atoms. The van der Waals surface area contributed by atoms with Crippen LogP contribution < -0.4 is 10.8 Å². The van der Waals surface area contributed by atoms with Crippen LogP contribution in [0.1, 0.15) is 30.0 Å². The van der Waals surface area contributed by atoms with Gasteiger partial charge in [-0.25, -0.2) is 0 Å². The van der Waals surface area contributed by atoms with Crippen molar-refractivity contribution in [2.45, 2.75) is 32.0 Å². The largest absolute Gasteiger partial charge is 0.359 e. The van der Waals surface area contributed by atoms with Crippen LogP contribution in [0.2, 0.25) is 0 Å². The molecule has 2 atom stereocenters. The van der Waals surface area contributed by atoms with E-state index in [0.717, 1.165) is 18.5 Å². The Bertz CT molecular complexity index is 531. The molecule has 1 saturated heterocycles. The van der Waals surface area contributed by atoms with Crippen molar-refractivity contribution in [2.24, 2.45) is 0 Å². The number of aryl methyl sites for hydroxylation is 1. The molecule has 0 saturated carbocycles. The van der Waals surface area contributed by atoms with Gasteiger partial charge in [0.05, 0.1) is 6.04 Å². The van der Waals surface area contributed by atoms with Crippen LogP contribution in [0.4, 0.5) is 5.69 Å². The van der Waals surface area contributed by atoms with Gasteiger partial charge in [0.2, 0.25) is 0 Å². The summed E-state index contributed by atoms with van der Waals surface area (Å²) in [6.07, 6.45) is 2.08. The molecule has 3 heteroatoms. The van der Waals surface area contributed by atoms with E-state index >= 15 is 0 Å². The summed E-state index contributed by atoms with van der Waals surface area (Å²) in [5, 5.41) is 3.38. The van der Waals surface area contributed by atoms with Gasteiger partial charge in [-0.15, -0.1) is 0 Å². The number of benzene rings is 2. The van der Waals surface area contributed by atoms with E-state index in [-0.39, 0.29) is 12.3 Å². The van der Waals surface area contributed by atoms with Crippen molar-refractivity contribution >= 4 is 5.69 Å². The molecule has 1 aliphatic rings. The SMILES string of the molecule is Cc1ccc(C2CCC(Nc3ccccc3)ON2)cc1. The van der Waals surface area contributed by atoms with Crippen molar-refractivity contribution in [3.05, 3.63) is 65.7 Å². The summed E-state index contributed by atoms with van der Waals surface area (Å²) in [7, 11) is 0. The second kappa shape index (κ2) is 6.07. The number of hydrogen-bond acceptors (Lipinski definition) is 3. The normalized spacial score (nSPS) is 22.4. The monoisotopic (exact) mass is 268 g/mol. The van der Waals surface area contributed by atoms with Gasteiger partial charge in [-0.2, -0.15) is 5.48 Å². The molecule has 1 aliphatic heterocycles. The van der Waals surface area contributed by atoms with Crippen molar-refractivity contribution in [1.29, 1.82) is 0 Å². The summed E-state index contributed by atoms with van der Waals surface area (Å²) < 4.78 is 0. The zero-order chi connectivity index (χ0) is 13.8. The predicted molar refractivity (Wildman–Crippen MR) is 81.2 cm³/mol. The fourth-order valence-corrected chi connectivity index (χ4v) is 2.46. The molecule has 0 amide bonds. The summed E-state index contributed by atoms with van der Waals surface area (Å²) in [4.78, 5) is 5.72. The molecule has 2 aromatic rings. The molecule has 0 aliphatic carbocycles. The van der Waals surface area contributed by atoms with Gasteiger partial charge >= 0.3 is 0 Å². The van der Waals surface area contributed by atoms with Crippen LogP contribution in [-0.2, 0) is 4.84 Å². The Labute approximate surface area is 119 Å². The van der Waals surface area contributed by atoms with Gasteiger partial charge in [0.25, 0.3) is 0 Å². The van der Waals surface area contributed by atoms with E-state index in [1.165, 1.54) is 11.1 Å².